The van der Waals surface area contributed by atoms with Gasteiger partial charge in [0, 0.05) is 56.3 Å². The molecule has 10 unspecified atom stereocenters. The first kappa shape index (κ1) is 71.0. The molecule has 0 spiro atoms. The molecule has 8 aromatic rings. The van der Waals surface area contributed by atoms with Crippen molar-refractivity contribution in [1.82, 2.24) is 60.8 Å². The average molecular weight is 1490 g/mol. The Morgan fingerprint density at radius 3 is 2.23 bits per heavy atom. The summed E-state index contributed by atoms with van der Waals surface area (Å²) < 4.78 is 72.8. The van der Waals surface area contributed by atoms with Crippen molar-refractivity contribution >= 4 is 125 Å². The number of thiazole rings is 5. The fourth-order valence-electron chi connectivity index (χ4n) is 12.0. The van der Waals surface area contributed by atoms with Crippen LogP contribution in [0.15, 0.2) is 56.9 Å². The van der Waals surface area contributed by atoms with Gasteiger partial charge in [-0.05, 0) is 59.5 Å². The number of nitrogens with zero attached hydrogens (tertiary/aromatic N) is 8. The van der Waals surface area contributed by atoms with Crippen LogP contribution in [0.4, 0.5) is 0 Å². The summed E-state index contributed by atoms with van der Waals surface area (Å²) in [7, 11) is 0.294. The molecule has 528 valence electrons. The van der Waals surface area contributed by atoms with Crippen molar-refractivity contribution in [1.29, 1.82) is 0 Å². The van der Waals surface area contributed by atoms with Crippen LogP contribution in [0.5, 0.6) is 5.75 Å². The third-order valence-electron chi connectivity index (χ3n) is 16.5. The number of ether oxygens (including phenoxy) is 6. The van der Waals surface area contributed by atoms with Gasteiger partial charge in [-0.3, -0.25) is 28.5 Å². The number of hydrogen-bond donors (Lipinski definition) is 9. The van der Waals surface area contributed by atoms with E-state index in [0.29, 0.717) is 0 Å². The van der Waals surface area contributed by atoms with Crippen LogP contribution in [0.3, 0.4) is 0 Å². The number of allylic oxidation sites excluding steroid dienone is 1. The number of benzene rings is 1. The number of likely N-dealkylation sites (N-methyl/N-ethyl adjacent to an activating group) is 1. The van der Waals surface area contributed by atoms with Gasteiger partial charge in [-0.2, -0.15) is 13.1 Å². The first-order chi connectivity index (χ1) is 47.6. The lowest BCUT2D eigenvalue weighted by atomic mass is 9.85. The van der Waals surface area contributed by atoms with Gasteiger partial charge >= 0.3 is 11.9 Å². The van der Waals surface area contributed by atoms with Crippen molar-refractivity contribution in [3.05, 3.63) is 112 Å². The number of hydrogen-bond acceptors (Lipinski definition) is 31. The first-order valence-electron chi connectivity index (χ1n) is 30.4. The van der Waals surface area contributed by atoms with E-state index in [-0.39, 0.29) is 122 Å². The Bertz CT molecular complexity index is 4710. The van der Waals surface area contributed by atoms with Crippen LogP contribution in [0.25, 0.3) is 49.3 Å². The van der Waals surface area contributed by atoms with Crippen molar-refractivity contribution in [2.45, 2.75) is 114 Å². The molecule has 4 aliphatic rings. The van der Waals surface area contributed by atoms with Crippen molar-refractivity contribution < 1.29 is 95.1 Å². The van der Waals surface area contributed by atoms with Gasteiger partial charge in [-0.25, -0.2) is 39.5 Å². The topological polar surface area (TPSA) is 459 Å². The van der Waals surface area contributed by atoms with Crippen molar-refractivity contribution in [3.63, 3.8) is 0 Å². The van der Waals surface area contributed by atoms with Gasteiger partial charge in [-0.1, -0.05) is 12.1 Å². The van der Waals surface area contributed by atoms with Gasteiger partial charge in [0.05, 0.1) is 48.8 Å². The van der Waals surface area contributed by atoms with Gasteiger partial charge < -0.3 is 80.5 Å². The van der Waals surface area contributed by atoms with E-state index < -0.39 is 150 Å². The number of primary amides is 1. The standard InChI is InChI=1S/C61H63N13O20S6/c1-24(75)40-53(81)71-41(25(2)88-7)56-67-35(23-98-56)52(80)72-44-46-47(94-38-15-61(4,84)48(73(5)6)26(3)93-38)60(83)90-16-27-10-8-11-36-39(27)29(17-89-46)45(74(36)92-12-9-13-100(85,86)87)59(82)91-18-30(63-50(78)33-22-99-58(44)68-33)55-64-31(19-96-55)42-28(54-66-34(21-95-54)51(79)70-40)14-37(76)43(69-42)57-65-32(20-97-57)49(62)77/h8,10-11,14,19-24,26,30,38,40,44,46-48,75-76,84H,9,12-13,15-18H2,1-7H3,(H2,62,77)(H,63,78)(H,70,79)(H,71,81)(H,72,80)(H,85,86,87)/b41-25-. The maximum absolute atomic E-state index is 15.5. The Balaban J connectivity index is 1.07. The Morgan fingerprint density at radius 2 is 1.53 bits per heavy atom. The number of aromatic nitrogens is 7. The number of rotatable bonds is 12. The van der Waals surface area contributed by atoms with Crippen LogP contribution in [0.1, 0.15) is 131 Å². The molecule has 0 aliphatic carbocycles. The number of cyclic esters (lactones) is 2. The molecule has 39 heteroatoms. The molecule has 4 aliphatic heterocycles. The van der Waals surface area contributed by atoms with Crippen LogP contribution in [0, 0.1) is 0 Å². The molecule has 100 heavy (non-hydrogen) atoms. The van der Waals surface area contributed by atoms with E-state index >= 15 is 19.2 Å². The summed E-state index contributed by atoms with van der Waals surface area (Å²) >= 11 is 4.50. The second-order valence-corrected chi connectivity index (χ2v) is 29.8. The van der Waals surface area contributed by atoms with Gasteiger partial charge in [0.15, 0.2) is 18.1 Å². The zero-order valence-electron chi connectivity index (χ0n) is 53.8. The quantitative estimate of drug-likeness (QED) is 0.0364. The number of methoxy groups -OCH3 is 1. The lowest BCUT2D eigenvalue weighted by Gasteiger charge is -2.48. The van der Waals surface area contributed by atoms with Crippen LogP contribution in [-0.2, 0) is 61.3 Å². The zero-order valence-corrected chi connectivity index (χ0v) is 58.7. The number of pyridine rings is 1. The number of carbonyl (C=O) groups is 7. The third-order valence-corrected chi connectivity index (χ3v) is 21.8. The SMILES string of the molecule is CO/C(C)=C1\NC(=O)C(C(C)O)NC(=O)c2csc(n2)-c2cc(O)c(-c3nc(C(N)=O)cs3)nc2-c2csc(n2)C2COC(=O)c3c4c5c(cccc5n3OCCCS(=O)(=O)O)COC(=O)C(OC3CC(C)(O)C(N(C)C)C(C)O3)C(OC4)C(NC(=O)c3csc1n3)c1nc(cs1)C(=O)N2. The Morgan fingerprint density at radius 1 is 0.860 bits per heavy atom. The van der Waals surface area contributed by atoms with Gasteiger partial charge in [0.2, 0.25) is 5.91 Å². The average Bonchev–Trinajstić information content (AvgIpc) is 1.58. The normalized spacial score (nSPS) is 24.0. The second-order valence-electron chi connectivity index (χ2n) is 23.9. The molecule has 7 aromatic heterocycles. The van der Waals surface area contributed by atoms with Crippen molar-refractivity contribution in [3.8, 4) is 38.4 Å². The largest absolute Gasteiger partial charge is 0.506 e. The smallest absolute Gasteiger partial charge is 0.358 e. The van der Waals surface area contributed by atoms with E-state index in [1.165, 1.54) is 53.9 Å². The molecule has 33 nitrogen and oxygen atoms in total. The summed E-state index contributed by atoms with van der Waals surface area (Å²) in [5.74, 6) is -8.04. The Kier molecular flexibility index (Phi) is 20.3. The van der Waals surface area contributed by atoms with Crippen LogP contribution in [0.2, 0.25) is 0 Å². The number of aliphatic hydroxyl groups is 2. The highest BCUT2D eigenvalue weighted by Gasteiger charge is 2.50. The number of nitrogens with two attached hydrogens (primary N) is 1. The van der Waals surface area contributed by atoms with Gasteiger partial charge in [0.1, 0.15) is 126 Å². The minimum Gasteiger partial charge on any atom is -0.506 e. The number of aromatic hydroxyl groups is 1. The number of esters is 2. The number of amides is 5. The molecule has 12 bridgehead atoms. The molecule has 10 atom stereocenters. The molecule has 5 amide bonds. The molecule has 0 saturated carbocycles. The number of carbonyl (C=O) groups excluding carboxylic acids is 7. The summed E-state index contributed by atoms with van der Waals surface area (Å²) in [6.07, 6.45) is -8.02. The Hall–Kier alpha value is -8.84. The third kappa shape index (κ3) is 14.6. The molecular weight excluding hydrogens is 1430 g/mol. The van der Waals surface area contributed by atoms with E-state index in [4.69, 9.17) is 53.9 Å². The summed E-state index contributed by atoms with van der Waals surface area (Å²) in [5.41, 5.74) is 3.00. The predicted molar refractivity (Wildman–Crippen MR) is 358 cm³/mol. The van der Waals surface area contributed by atoms with Crippen molar-refractivity contribution in [2.24, 2.45) is 5.73 Å². The summed E-state index contributed by atoms with van der Waals surface area (Å²) in [6, 6.07) is 0.633. The van der Waals surface area contributed by atoms with Crippen LogP contribution in [-0.4, -0.2) is 198 Å². The fraction of sp³-hybridized carbons (Fsp3) is 0.393. The van der Waals surface area contributed by atoms with Crippen molar-refractivity contribution in [2.75, 3.05) is 40.2 Å². The monoisotopic (exact) mass is 1490 g/mol. The first-order valence-corrected chi connectivity index (χ1v) is 36.4. The molecular formula is C61H63N13O20S6. The predicted octanol–water partition coefficient (Wildman–Crippen LogP) is 3.73. The highest BCUT2D eigenvalue weighted by atomic mass is 32.2. The van der Waals surface area contributed by atoms with E-state index in [9.17, 15) is 42.7 Å². The summed E-state index contributed by atoms with van der Waals surface area (Å²) in [4.78, 5) is 138. The number of fused-ring (bicyclic) bond motifs is 15. The fourth-order valence-corrected chi connectivity index (χ4v) is 16.7. The summed E-state index contributed by atoms with van der Waals surface area (Å²) in [6.45, 7) is 3.68. The number of nitrogens with one attached hydrogen (secondary N) is 4. The van der Waals surface area contributed by atoms with Crippen LogP contribution >= 0.6 is 56.7 Å². The molecule has 1 aromatic carbocycles. The zero-order chi connectivity index (χ0) is 71.4. The van der Waals surface area contributed by atoms with E-state index in [0.717, 1.165) is 61.4 Å². The minimum atomic E-state index is -4.52. The summed E-state index contributed by atoms with van der Waals surface area (Å²) in [5, 5.41) is 53.1. The Labute approximate surface area is 587 Å². The molecule has 1 fully saturated rings. The maximum Gasteiger partial charge on any atom is 0.358 e. The second kappa shape index (κ2) is 28.7. The molecule has 11 heterocycles. The lowest BCUT2D eigenvalue weighted by molar-refractivity contribution is -0.280. The molecule has 1 saturated heterocycles. The van der Waals surface area contributed by atoms with E-state index in [1.807, 2.05) is 0 Å². The molecule has 12 rings (SSSR count). The molecule has 10 N–H and O–H groups in total. The minimum absolute atomic E-state index is 0.00792. The molecule has 0 radical (unpaired) electrons. The van der Waals surface area contributed by atoms with Crippen LogP contribution < -0.4 is 31.8 Å². The number of aliphatic hydroxyl groups excluding tert-OH is 1. The van der Waals surface area contributed by atoms with Gasteiger partial charge in [-0.15, -0.1) is 56.7 Å². The lowest BCUT2D eigenvalue weighted by Crippen LogP contribution is -2.62. The van der Waals surface area contributed by atoms with E-state index in [1.54, 1.807) is 51.0 Å². The van der Waals surface area contributed by atoms with E-state index in [2.05, 4.69) is 36.2 Å². The van der Waals surface area contributed by atoms with Gasteiger partial charge in [0.25, 0.3) is 33.7 Å². The highest BCUT2D eigenvalue weighted by molar-refractivity contribution is 7.85. The maximum atomic E-state index is 15.5. The highest BCUT2D eigenvalue weighted by Crippen LogP contribution is 2.43.